The van der Waals surface area contributed by atoms with Crippen LogP contribution in [0.3, 0.4) is 0 Å². The fourth-order valence-corrected chi connectivity index (χ4v) is 4.31. The Hall–Kier alpha value is -3.98. The number of aromatic amines is 2. The van der Waals surface area contributed by atoms with Crippen molar-refractivity contribution in [2.45, 2.75) is 0 Å². The molecule has 0 fully saturated rings. The quantitative estimate of drug-likeness (QED) is 0.406. The lowest BCUT2D eigenvalue weighted by atomic mass is 9.88. The van der Waals surface area contributed by atoms with Crippen molar-refractivity contribution in [1.29, 1.82) is 0 Å². The molecule has 1 aliphatic rings. The summed E-state index contributed by atoms with van der Waals surface area (Å²) in [6, 6.07) is 25.4. The first-order valence-corrected chi connectivity index (χ1v) is 9.73. The molecule has 0 atom stereocenters. The molecule has 6 rings (SSSR count). The van der Waals surface area contributed by atoms with Crippen molar-refractivity contribution in [2.24, 2.45) is 4.99 Å². The van der Waals surface area contributed by atoms with Crippen LogP contribution >= 0.6 is 0 Å². The molecule has 0 bridgehead atoms. The van der Waals surface area contributed by atoms with Crippen molar-refractivity contribution in [3.8, 4) is 0 Å². The van der Waals surface area contributed by atoms with E-state index in [0.29, 0.717) is 0 Å². The third-order valence-corrected chi connectivity index (χ3v) is 5.65. The highest BCUT2D eigenvalue weighted by Gasteiger charge is 2.22. The number of fused-ring (bicyclic) bond motifs is 3. The van der Waals surface area contributed by atoms with Crippen molar-refractivity contribution in [1.82, 2.24) is 4.98 Å². The maximum Gasteiger partial charge on any atom is 0.174 e. The second-order valence-electron chi connectivity index (χ2n) is 7.26. The van der Waals surface area contributed by atoms with Crippen molar-refractivity contribution in [2.75, 3.05) is 0 Å². The van der Waals surface area contributed by atoms with Crippen molar-refractivity contribution < 1.29 is 4.98 Å². The highest BCUT2D eigenvalue weighted by atomic mass is 14.8. The summed E-state index contributed by atoms with van der Waals surface area (Å²) >= 11 is 0. The van der Waals surface area contributed by atoms with Gasteiger partial charge >= 0.3 is 0 Å². The molecule has 0 radical (unpaired) electrons. The number of pyridine rings is 1. The molecule has 0 amide bonds. The molecule has 29 heavy (non-hydrogen) atoms. The number of H-pyrrole nitrogens is 2. The number of hydrogen-bond donors (Lipinski definition) is 1. The molecular weight excluding hydrogens is 354 g/mol. The largest absolute Gasteiger partial charge is 0.361 e. The Morgan fingerprint density at radius 2 is 1.69 bits per heavy atom. The maximum absolute atomic E-state index is 4.70. The van der Waals surface area contributed by atoms with Gasteiger partial charge < -0.3 is 4.98 Å². The van der Waals surface area contributed by atoms with E-state index < -0.39 is 0 Å². The van der Waals surface area contributed by atoms with Crippen LogP contribution in [0.15, 0.2) is 96.4 Å². The average molecular weight is 372 g/mol. The van der Waals surface area contributed by atoms with E-state index in [2.05, 4.69) is 82.9 Å². The Morgan fingerprint density at radius 1 is 0.793 bits per heavy atom. The Balaban J connectivity index is 1.76. The summed E-state index contributed by atoms with van der Waals surface area (Å²) in [6.45, 7) is 0. The number of nitrogens with one attached hydrogen (secondary N) is 2. The number of rotatable bonds is 2. The molecule has 0 unspecified atom stereocenters. The van der Waals surface area contributed by atoms with Gasteiger partial charge in [0.15, 0.2) is 12.4 Å². The van der Waals surface area contributed by atoms with E-state index in [1.165, 1.54) is 38.4 Å². The topological polar surface area (TPSA) is 42.3 Å². The summed E-state index contributed by atoms with van der Waals surface area (Å²) in [7, 11) is 0. The zero-order valence-electron chi connectivity index (χ0n) is 15.7. The standard InChI is InChI=1S/C26H17N3/c1-3-10-24-19(7-1)22(15-28-24)26(23-16-29-25-11-4-2-8-20(23)25)21-9-5-6-17-14-27-13-12-18(17)21/h1-16,28H/p+1/b26-23+. The Kier molecular flexibility index (Phi) is 3.47. The fraction of sp³-hybridized carbons (Fsp3) is 0. The summed E-state index contributed by atoms with van der Waals surface area (Å²) in [5, 5.41) is 3.62. The molecule has 0 saturated heterocycles. The summed E-state index contributed by atoms with van der Waals surface area (Å²) in [4.78, 5) is 11.3. The van der Waals surface area contributed by atoms with Crippen LogP contribution in [0.5, 0.6) is 0 Å². The molecule has 2 aromatic heterocycles. The van der Waals surface area contributed by atoms with Gasteiger partial charge in [0.05, 0.1) is 5.69 Å². The van der Waals surface area contributed by atoms with Gasteiger partial charge in [0.2, 0.25) is 0 Å². The van der Waals surface area contributed by atoms with Crippen LogP contribution in [0.4, 0.5) is 5.69 Å². The molecule has 3 aromatic carbocycles. The number of allylic oxidation sites excluding steroid dienone is 1. The lowest BCUT2D eigenvalue weighted by molar-refractivity contribution is -0.375. The molecule has 0 saturated carbocycles. The highest BCUT2D eigenvalue weighted by Crippen LogP contribution is 2.42. The van der Waals surface area contributed by atoms with E-state index in [1.54, 1.807) is 0 Å². The van der Waals surface area contributed by atoms with Crippen LogP contribution in [0.1, 0.15) is 16.7 Å². The number of hydrogen-bond acceptors (Lipinski definition) is 1. The number of nitrogens with zero attached hydrogens (tertiary/aromatic N) is 1. The monoisotopic (exact) mass is 372 g/mol. The minimum atomic E-state index is 1.02. The molecule has 0 aliphatic carbocycles. The van der Waals surface area contributed by atoms with Gasteiger partial charge in [-0.3, -0.25) is 4.99 Å². The summed E-state index contributed by atoms with van der Waals surface area (Å²) in [5.41, 5.74) is 8.09. The van der Waals surface area contributed by atoms with Crippen molar-refractivity contribution >= 4 is 44.7 Å². The van der Waals surface area contributed by atoms with Gasteiger partial charge in [0.1, 0.15) is 0 Å². The predicted octanol–water partition coefficient (Wildman–Crippen LogP) is 5.81. The van der Waals surface area contributed by atoms with Gasteiger partial charge in [-0.2, -0.15) is 0 Å². The van der Waals surface area contributed by atoms with Crippen LogP contribution in [-0.2, 0) is 0 Å². The Morgan fingerprint density at radius 3 is 2.69 bits per heavy atom. The molecule has 136 valence electrons. The first-order chi connectivity index (χ1) is 14.4. The van der Waals surface area contributed by atoms with Gasteiger partial charge in [0.25, 0.3) is 0 Å². The lowest BCUT2D eigenvalue weighted by Gasteiger charge is -2.14. The molecular formula is C26H18N3+. The van der Waals surface area contributed by atoms with Gasteiger partial charge in [-0.1, -0.05) is 48.5 Å². The molecule has 5 aromatic rings. The van der Waals surface area contributed by atoms with E-state index in [0.717, 1.165) is 16.8 Å². The second kappa shape index (κ2) is 6.28. The van der Waals surface area contributed by atoms with Crippen molar-refractivity contribution in [3.05, 3.63) is 108 Å². The van der Waals surface area contributed by atoms with Gasteiger partial charge in [-0.25, -0.2) is 4.98 Å². The smallest absolute Gasteiger partial charge is 0.174 e. The van der Waals surface area contributed by atoms with Gasteiger partial charge in [-0.15, -0.1) is 0 Å². The summed E-state index contributed by atoms with van der Waals surface area (Å²) < 4.78 is 0. The third kappa shape index (κ3) is 2.44. The average Bonchev–Trinajstić information content (AvgIpc) is 3.40. The Labute approximate surface area is 168 Å². The van der Waals surface area contributed by atoms with E-state index in [-0.39, 0.29) is 0 Å². The zero-order valence-corrected chi connectivity index (χ0v) is 15.7. The molecule has 2 N–H and O–H groups in total. The van der Waals surface area contributed by atoms with Crippen LogP contribution in [0, 0.1) is 0 Å². The van der Waals surface area contributed by atoms with E-state index >= 15 is 0 Å². The third-order valence-electron chi connectivity index (χ3n) is 5.65. The molecule has 0 spiro atoms. The second-order valence-corrected chi connectivity index (χ2v) is 7.26. The van der Waals surface area contributed by atoms with E-state index in [9.17, 15) is 0 Å². The summed E-state index contributed by atoms with van der Waals surface area (Å²) in [5.74, 6) is 0. The lowest BCUT2D eigenvalue weighted by Crippen LogP contribution is -2.00. The molecule has 3 heterocycles. The number of aromatic nitrogens is 2. The van der Waals surface area contributed by atoms with Crippen molar-refractivity contribution in [3.63, 3.8) is 0 Å². The fourth-order valence-electron chi connectivity index (χ4n) is 4.31. The first kappa shape index (κ1) is 16.0. The van der Waals surface area contributed by atoms with Crippen LogP contribution in [-0.4, -0.2) is 11.2 Å². The number of para-hydroxylation sites is 2. The normalized spacial score (nSPS) is 14.5. The minimum absolute atomic E-state index is 1.02. The predicted molar refractivity (Wildman–Crippen MR) is 119 cm³/mol. The van der Waals surface area contributed by atoms with Gasteiger partial charge in [0, 0.05) is 62.4 Å². The Bertz CT molecular complexity index is 1450. The maximum atomic E-state index is 4.70. The van der Waals surface area contributed by atoms with Crippen LogP contribution < -0.4 is 4.98 Å². The molecule has 1 aliphatic heterocycles. The number of aliphatic imine (C=N–C) groups is 1. The first-order valence-electron chi connectivity index (χ1n) is 9.73. The van der Waals surface area contributed by atoms with Gasteiger partial charge in [-0.05, 0) is 23.8 Å². The summed E-state index contributed by atoms with van der Waals surface area (Å²) in [6.07, 6.45) is 8.17. The SMILES string of the molecule is C1=Nc2ccccc2/C1=C(\c1cccc2c[nH+]ccc12)c1c[nH]c2ccccc12. The molecule has 3 nitrogen and oxygen atoms in total. The highest BCUT2D eigenvalue weighted by molar-refractivity contribution is 6.29. The van der Waals surface area contributed by atoms with Crippen LogP contribution in [0.25, 0.3) is 32.8 Å². The minimum Gasteiger partial charge on any atom is -0.361 e. The van der Waals surface area contributed by atoms with E-state index in [4.69, 9.17) is 4.99 Å². The van der Waals surface area contributed by atoms with E-state index in [1.807, 2.05) is 24.7 Å². The zero-order chi connectivity index (χ0) is 19.2. The van der Waals surface area contributed by atoms with Crippen LogP contribution in [0.2, 0.25) is 0 Å². The molecule has 3 heteroatoms. The number of benzene rings is 3.